The molecule has 0 unspecified atom stereocenters. The van der Waals surface area contributed by atoms with Crippen LogP contribution in [0.25, 0.3) is 0 Å². The molecule has 0 bridgehead atoms. The molecule has 1 N–H and O–H groups in total. The molecule has 0 fully saturated rings. The molecule has 0 aliphatic carbocycles. The van der Waals surface area contributed by atoms with Gasteiger partial charge in [-0.2, -0.15) is 0 Å². The number of aliphatic carboxylic acids is 1. The van der Waals surface area contributed by atoms with E-state index in [0.717, 1.165) is 11.1 Å². The van der Waals surface area contributed by atoms with Gasteiger partial charge in [0.1, 0.15) is 6.54 Å². The zero-order valence-electron chi connectivity index (χ0n) is 10.2. The second-order valence-corrected chi connectivity index (χ2v) is 3.73. The van der Waals surface area contributed by atoms with Gasteiger partial charge in [0, 0.05) is 13.1 Å². The maximum Gasteiger partial charge on any atom is 0.325 e. The highest BCUT2D eigenvalue weighted by molar-refractivity contribution is 5.92. The number of nitrogens with zero attached hydrogens (tertiary/aromatic N) is 4. The molecule has 0 radical (unpaired) electrons. The van der Waals surface area contributed by atoms with E-state index in [-0.39, 0.29) is 18.1 Å². The first-order chi connectivity index (χ1) is 8.58. The van der Waals surface area contributed by atoms with Crippen LogP contribution in [-0.4, -0.2) is 50.0 Å². The van der Waals surface area contributed by atoms with Crippen LogP contribution in [0.3, 0.4) is 0 Å². The molecule has 0 spiro atoms. The van der Waals surface area contributed by atoms with Crippen molar-refractivity contribution in [3.8, 4) is 0 Å². The maximum absolute atomic E-state index is 12.0. The molecule has 98 valence electrons. The zero-order chi connectivity index (χ0) is 13.5. The maximum atomic E-state index is 12.0. The van der Waals surface area contributed by atoms with E-state index in [9.17, 15) is 9.59 Å². The summed E-state index contributed by atoms with van der Waals surface area (Å²) in [6.45, 7) is 6.27. The van der Waals surface area contributed by atoms with Crippen LogP contribution in [0, 0.1) is 0 Å². The molecule has 1 heterocycles. The Hall–Kier alpha value is -2.18. The van der Waals surface area contributed by atoms with Crippen molar-refractivity contribution in [2.75, 3.05) is 13.1 Å². The van der Waals surface area contributed by atoms with Crippen LogP contribution in [0.15, 0.2) is 18.9 Å². The number of hydrogen-bond donors (Lipinski definition) is 1. The van der Waals surface area contributed by atoms with Gasteiger partial charge in [-0.25, -0.2) is 4.68 Å². The van der Waals surface area contributed by atoms with Gasteiger partial charge >= 0.3 is 5.97 Å². The summed E-state index contributed by atoms with van der Waals surface area (Å²) < 4.78 is 1.12. The van der Waals surface area contributed by atoms with Gasteiger partial charge in [0.15, 0.2) is 5.69 Å². The molecule has 1 rings (SSSR count). The SMILES string of the molecule is C=CCN(CCC)C(=O)c1cn(CC(=O)O)nn1. The summed E-state index contributed by atoms with van der Waals surface area (Å²) in [4.78, 5) is 24.1. The van der Waals surface area contributed by atoms with E-state index in [1.807, 2.05) is 6.92 Å². The fourth-order valence-electron chi connectivity index (χ4n) is 1.48. The Morgan fingerprint density at radius 2 is 2.33 bits per heavy atom. The fourth-order valence-corrected chi connectivity index (χ4v) is 1.48. The van der Waals surface area contributed by atoms with Crippen LogP contribution in [0.5, 0.6) is 0 Å². The van der Waals surface area contributed by atoms with Crippen LogP contribution in [0.2, 0.25) is 0 Å². The number of carbonyl (C=O) groups is 2. The number of amides is 1. The Morgan fingerprint density at radius 1 is 1.61 bits per heavy atom. The standard InChI is InChI=1S/C11H16N4O3/c1-3-5-14(6-4-2)11(18)9-7-15(13-12-9)8-10(16)17/h3,7H,1,4-6,8H2,2H3,(H,16,17). The Labute approximate surface area is 105 Å². The molecule has 7 nitrogen and oxygen atoms in total. The van der Waals surface area contributed by atoms with E-state index in [1.165, 1.54) is 6.20 Å². The molecule has 0 aromatic carbocycles. The summed E-state index contributed by atoms with van der Waals surface area (Å²) in [5.74, 6) is -1.30. The number of carboxylic acids is 1. The monoisotopic (exact) mass is 252 g/mol. The summed E-state index contributed by atoms with van der Waals surface area (Å²) in [5.41, 5.74) is 0.145. The van der Waals surface area contributed by atoms with Crippen molar-refractivity contribution < 1.29 is 14.7 Å². The van der Waals surface area contributed by atoms with E-state index in [2.05, 4.69) is 16.9 Å². The van der Waals surface area contributed by atoms with E-state index < -0.39 is 5.97 Å². The minimum atomic E-state index is -1.03. The van der Waals surface area contributed by atoms with E-state index in [0.29, 0.717) is 13.1 Å². The van der Waals surface area contributed by atoms with Crippen molar-refractivity contribution >= 4 is 11.9 Å². The van der Waals surface area contributed by atoms with Gasteiger partial charge in [0.05, 0.1) is 6.20 Å². The number of carboxylic acid groups (broad SMARTS) is 1. The van der Waals surface area contributed by atoms with Crippen molar-refractivity contribution in [1.29, 1.82) is 0 Å². The molecule has 1 aromatic heterocycles. The predicted molar refractivity (Wildman–Crippen MR) is 64.0 cm³/mol. The second-order valence-electron chi connectivity index (χ2n) is 3.73. The van der Waals surface area contributed by atoms with Crippen LogP contribution in [0.1, 0.15) is 23.8 Å². The predicted octanol–water partition coefficient (Wildman–Crippen LogP) is 0.401. The summed E-state index contributed by atoms with van der Waals surface area (Å²) >= 11 is 0. The highest BCUT2D eigenvalue weighted by Crippen LogP contribution is 2.02. The second kappa shape index (κ2) is 6.53. The molecule has 1 aromatic rings. The third-order valence-corrected chi connectivity index (χ3v) is 2.19. The number of rotatable bonds is 7. The number of aromatic nitrogens is 3. The summed E-state index contributed by atoms with van der Waals surface area (Å²) in [7, 11) is 0. The average molecular weight is 252 g/mol. The minimum absolute atomic E-state index is 0.145. The molecular weight excluding hydrogens is 236 g/mol. The lowest BCUT2D eigenvalue weighted by Gasteiger charge is -2.18. The van der Waals surface area contributed by atoms with Crippen molar-refractivity contribution in [1.82, 2.24) is 19.9 Å². The Bertz CT molecular complexity index is 441. The van der Waals surface area contributed by atoms with E-state index >= 15 is 0 Å². The third-order valence-electron chi connectivity index (χ3n) is 2.19. The molecule has 0 saturated carbocycles. The molecule has 18 heavy (non-hydrogen) atoms. The highest BCUT2D eigenvalue weighted by atomic mass is 16.4. The number of hydrogen-bond acceptors (Lipinski definition) is 4. The molecule has 0 atom stereocenters. The van der Waals surface area contributed by atoms with Gasteiger partial charge in [-0.1, -0.05) is 18.2 Å². The first-order valence-electron chi connectivity index (χ1n) is 5.60. The molecule has 0 aliphatic heterocycles. The Morgan fingerprint density at radius 3 is 2.89 bits per heavy atom. The summed E-state index contributed by atoms with van der Waals surface area (Å²) in [6.07, 6.45) is 3.79. The van der Waals surface area contributed by atoms with Crippen LogP contribution >= 0.6 is 0 Å². The molecule has 7 heteroatoms. The van der Waals surface area contributed by atoms with Gasteiger partial charge in [-0.3, -0.25) is 9.59 Å². The fraction of sp³-hybridized carbons (Fsp3) is 0.455. The Balaban J connectivity index is 2.77. The van der Waals surface area contributed by atoms with Crippen LogP contribution in [0.4, 0.5) is 0 Å². The van der Waals surface area contributed by atoms with Crippen molar-refractivity contribution in [3.05, 3.63) is 24.5 Å². The highest BCUT2D eigenvalue weighted by Gasteiger charge is 2.17. The van der Waals surface area contributed by atoms with Crippen molar-refractivity contribution in [2.24, 2.45) is 0 Å². The van der Waals surface area contributed by atoms with E-state index in [1.54, 1.807) is 11.0 Å². The summed E-state index contributed by atoms with van der Waals surface area (Å²) in [6, 6.07) is 0. The lowest BCUT2D eigenvalue weighted by Crippen LogP contribution is -2.32. The Kier molecular flexibility index (Phi) is 5.04. The largest absolute Gasteiger partial charge is 0.480 e. The zero-order valence-corrected chi connectivity index (χ0v) is 10.2. The number of carbonyl (C=O) groups excluding carboxylic acids is 1. The molecular formula is C11H16N4O3. The lowest BCUT2D eigenvalue weighted by atomic mass is 10.3. The smallest absolute Gasteiger partial charge is 0.325 e. The molecule has 1 amide bonds. The average Bonchev–Trinajstić information content (AvgIpc) is 2.75. The van der Waals surface area contributed by atoms with Gasteiger partial charge in [-0.15, -0.1) is 11.7 Å². The molecule has 0 saturated heterocycles. The van der Waals surface area contributed by atoms with Crippen LogP contribution < -0.4 is 0 Å². The van der Waals surface area contributed by atoms with Gasteiger partial charge in [0.25, 0.3) is 5.91 Å². The van der Waals surface area contributed by atoms with Gasteiger partial charge in [-0.05, 0) is 6.42 Å². The van der Waals surface area contributed by atoms with Crippen molar-refractivity contribution in [2.45, 2.75) is 19.9 Å². The normalized spacial score (nSPS) is 10.1. The quantitative estimate of drug-likeness (QED) is 0.710. The minimum Gasteiger partial charge on any atom is -0.480 e. The first-order valence-corrected chi connectivity index (χ1v) is 5.60. The van der Waals surface area contributed by atoms with E-state index in [4.69, 9.17) is 5.11 Å². The topological polar surface area (TPSA) is 88.3 Å². The van der Waals surface area contributed by atoms with Gasteiger partial charge < -0.3 is 10.0 Å². The third kappa shape index (κ3) is 3.69. The first kappa shape index (κ1) is 13.9. The summed E-state index contributed by atoms with van der Waals surface area (Å²) in [5, 5.41) is 15.9. The lowest BCUT2D eigenvalue weighted by molar-refractivity contribution is -0.137. The van der Waals surface area contributed by atoms with Crippen molar-refractivity contribution in [3.63, 3.8) is 0 Å². The van der Waals surface area contributed by atoms with Crippen LogP contribution in [-0.2, 0) is 11.3 Å². The van der Waals surface area contributed by atoms with Gasteiger partial charge in [0.2, 0.25) is 0 Å². The molecule has 0 aliphatic rings.